The molecule has 2 atom stereocenters. The van der Waals surface area contributed by atoms with Crippen molar-refractivity contribution >= 4 is 28.8 Å². The van der Waals surface area contributed by atoms with Crippen LogP contribution >= 0.6 is 11.8 Å². The molecular weight excluding hydrogens is 246 g/mol. The molecule has 0 aromatic carbocycles. The van der Waals surface area contributed by atoms with E-state index in [-0.39, 0.29) is 24.1 Å². The molecule has 6 nitrogen and oxygen atoms in total. The predicted octanol–water partition coefficient (Wildman–Crippen LogP) is -0.128. The van der Waals surface area contributed by atoms with Gasteiger partial charge in [-0.1, -0.05) is 24.4 Å². The molecule has 0 aromatic heterocycles. The van der Waals surface area contributed by atoms with Gasteiger partial charge in [-0.25, -0.2) is 4.79 Å². The third-order valence-corrected chi connectivity index (χ3v) is 3.07. The van der Waals surface area contributed by atoms with Gasteiger partial charge in [-0.3, -0.25) is 14.5 Å². The van der Waals surface area contributed by atoms with Gasteiger partial charge in [-0.15, -0.1) is 0 Å². The fourth-order valence-electron chi connectivity index (χ4n) is 1.31. The van der Waals surface area contributed by atoms with E-state index < -0.39 is 17.6 Å². The van der Waals surface area contributed by atoms with E-state index in [4.69, 9.17) is 0 Å². The lowest BCUT2D eigenvalue weighted by Gasteiger charge is -2.40. The van der Waals surface area contributed by atoms with E-state index in [9.17, 15) is 19.5 Å². The first kappa shape index (κ1) is 13.7. The Labute approximate surface area is 103 Å². The van der Waals surface area contributed by atoms with E-state index in [0.717, 1.165) is 16.7 Å². The lowest BCUT2D eigenvalue weighted by molar-refractivity contribution is -0.177. The van der Waals surface area contributed by atoms with Gasteiger partial charge in [0.25, 0.3) is 0 Å². The number of aliphatic hydroxyl groups excluding tert-OH is 1. The summed E-state index contributed by atoms with van der Waals surface area (Å²) in [6, 6.07) is 0. The molecule has 0 aromatic rings. The number of esters is 1. The number of amides is 1. The molecule has 1 aliphatic rings. The van der Waals surface area contributed by atoms with E-state index in [1.807, 2.05) is 0 Å². The van der Waals surface area contributed by atoms with E-state index in [0.29, 0.717) is 0 Å². The summed E-state index contributed by atoms with van der Waals surface area (Å²) in [5.41, 5.74) is 0. The normalized spacial score (nSPS) is 20.5. The lowest BCUT2D eigenvalue weighted by Crippen LogP contribution is -2.59. The van der Waals surface area contributed by atoms with Crippen LogP contribution in [0.5, 0.6) is 0 Å². The second-order valence-corrected chi connectivity index (χ2v) is 4.72. The van der Waals surface area contributed by atoms with Crippen molar-refractivity contribution in [2.45, 2.75) is 24.9 Å². The number of likely N-dealkylation sites (tertiary alicyclic amines) is 1. The van der Waals surface area contributed by atoms with Crippen molar-refractivity contribution in [1.82, 2.24) is 4.90 Å². The smallest absolute Gasteiger partial charge is 0.356 e. The van der Waals surface area contributed by atoms with Gasteiger partial charge in [-0.05, 0) is 0 Å². The second-order valence-electron chi connectivity index (χ2n) is 3.36. The number of carbonyl (C=O) groups excluding carboxylic acids is 3. The zero-order valence-electron chi connectivity index (χ0n) is 9.29. The number of rotatable bonds is 5. The summed E-state index contributed by atoms with van der Waals surface area (Å²) in [6.45, 7) is 4.67. The van der Waals surface area contributed by atoms with Crippen LogP contribution in [0.4, 0.5) is 0 Å². The van der Waals surface area contributed by atoms with Gasteiger partial charge in [0.05, 0.1) is 11.8 Å². The van der Waals surface area contributed by atoms with Crippen molar-refractivity contribution in [3.63, 3.8) is 0 Å². The first-order valence-corrected chi connectivity index (χ1v) is 5.79. The summed E-state index contributed by atoms with van der Waals surface area (Å²) < 4.78 is 4.62. The molecule has 1 saturated heterocycles. The van der Waals surface area contributed by atoms with Crippen LogP contribution in [0.2, 0.25) is 0 Å². The molecule has 2 unspecified atom stereocenters. The number of aliphatic hydroxyl groups is 1. The van der Waals surface area contributed by atoms with Crippen LogP contribution in [-0.4, -0.2) is 45.2 Å². The minimum atomic E-state index is -1.66. The number of carbonyl (C=O) groups is 3. The largest absolute Gasteiger partial charge is 0.458 e. The summed E-state index contributed by atoms with van der Waals surface area (Å²) in [5.74, 6) is -1.31. The fourth-order valence-corrected chi connectivity index (χ4v) is 2.27. The highest BCUT2D eigenvalue weighted by Crippen LogP contribution is 2.31. The molecule has 0 radical (unpaired) electrons. The Bertz CT molecular complexity index is 357. The third kappa shape index (κ3) is 3.31. The number of hydrogen-bond acceptors (Lipinski definition) is 6. The van der Waals surface area contributed by atoms with Crippen LogP contribution in [-0.2, 0) is 19.1 Å². The molecule has 1 heterocycles. The Morgan fingerprint density at radius 3 is 2.88 bits per heavy atom. The van der Waals surface area contributed by atoms with Gasteiger partial charge in [0, 0.05) is 6.92 Å². The van der Waals surface area contributed by atoms with Crippen molar-refractivity contribution in [2.75, 3.05) is 6.61 Å². The van der Waals surface area contributed by atoms with Crippen LogP contribution in [0.15, 0.2) is 12.7 Å². The molecule has 7 heteroatoms. The third-order valence-electron chi connectivity index (χ3n) is 2.07. The molecule has 0 aliphatic carbocycles. The Morgan fingerprint density at radius 2 is 2.41 bits per heavy atom. The Hall–Kier alpha value is -1.34. The Balaban J connectivity index is 2.56. The molecule has 0 saturated carbocycles. The van der Waals surface area contributed by atoms with E-state index >= 15 is 0 Å². The van der Waals surface area contributed by atoms with Gasteiger partial charge >= 0.3 is 5.97 Å². The maximum atomic E-state index is 11.3. The summed E-state index contributed by atoms with van der Waals surface area (Å²) >= 11 is 0.901. The van der Waals surface area contributed by atoms with Crippen molar-refractivity contribution in [3.8, 4) is 0 Å². The van der Waals surface area contributed by atoms with Crippen LogP contribution in [0.1, 0.15) is 13.3 Å². The molecular formula is C10H13NO5S. The van der Waals surface area contributed by atoms with Crippen molar-refractivity contribution in [2.24, 2.45) is 0 Å². The van der Waals surface area contributed by atoms with Crippen LogP contribution in [0, 0.1) is 0 Å². The van der Waals surface area contributed by atoms with Crippen molar-refractivity contribution in [1.29, 1.82) is 0 Å². The van der Waals surface area contributed by atoms with Crippen LogP contribution in [0.25, 0.3) is 0 Å². The molecule has 0 spiro atoms. The van der Waals surface area contributed by atoms with Crippen LogP contribution in [0.3, 0.4) is 0 Å². The fraction of sp³-hybridized carbons (Fsp3) is 0.500. The topological polar surface area (TPSA) is 83.9 Å². The van der Waals surface area contributed by atoms with Gasteiger partial charge in [-0.2, -0.15) is 0 Å². The molecule has 1 aliphatic heterocycles. The predicted molar refractivity (Wildman–Crippen MR) is 60.7 cm³/mol. The quantitative estimate of drug-likeness (QED) is 0.421. The highest BCUT2D eigenvalue weighted by molar-refractivity contribution is 8.14. The Morgan fingerprint density at radius 1 is 1.76 bits per heavy atom. The zero-order valence-corrected chi connectivity index (χ0v) is 10.1. The standard InChI is InChI=1S/C10H13NO5S/c1-3-4-16-10(15)9(14)11-7(13)5-8(11)17-6(2)12/h3,8-9,14H,1,4-5H2,2H3. The van der Waals surface area contributed by atoms with E-state index in [1.165, 1.54) is 13.0 Å². The average Bonchev–Trinajstić information content (AvgIpc) is 2.24. The SMILES string of the molecule is C=CCOC(=O)C(O)N1C(=O)CC1SC(C)=O. The highest BCUT2D eigenvalue weighted by atomic mass is 32.2. The Kier molecular flexibility index (Phi) is 4.71. The number of ether oxygens (including phenoxy) is 1. The van der Waals surface area contributed by atoms with Gasteiger partial charge < -0.3 is 9.84 Å². The zero-order chi connectivity index (χ0) is 13.0. The highest BCUT2D eigenvalue weighted by Gasteiger charge is 2.44. The minimum Gasteiger partial charge on any atom is -0.458 e. The number of β-lactam (4-membered cyclic amide) rings is 1. The molecule has 1 rings (SSSR count). The number of hydrogen-bond donors (Lipinski definition) is 1. The monoisotopic (exact) mass is 259 g/mol. The molecule has 1 N–H and O–H groups in total. The van der Waals surface area contributed by atoms with Crippen molar-refractivity contribution < 1.29 is 24.2 Å². The average molecular weight is 259 g/mol. The number of thioether (sulfide) groups is 1. The van der Waals surface area contributed by atoms with Crippen molar-refractivity contribution in [3.05, 3.63) is 12.7 Å². The van der Waals surface area contributed by atoms with E-state index in [1.54, 1.807) is 0 Å². The summed E-state index contributed by atoms with van der Waals surface area (Å²) in [6.07, 6.45) is -0.173. The maximum absolute atomic E-state index is 11.3. The van der Waals surface area contributed by atoms with Gasteiger partial charge in [0.1, 0.15) is 6.61 Å². The van der Waals surface area contributed by atoms with Crippen LogP contribution < -0.4 is 0 Å². The first-order chi connectivity index (χ1) is 7.97. The second kappa shape index (κ2) is 5.83. The summed E-state index contributed by atoms with van der Waals surface area (Å²) in [4.78, 5) is 34.4. The van der Waals surface area contributed by atoms with E-state index in [2.05, 4.69) is 11.3 Å². The van der Waals surface area contributed by atoms with Gasteiger partial charge in [0.2, 0.25) is 12.1 Å². The molecule has 1 amide bonds. The number of nitrogens with zero attached hydrogens (tertiary/aromatic N) is 1. The molecule has 0 bridgehead atoms. The summed E-state index contributed by atoms with van der Waals surface area (Å²) in [5, 5.41) is 8.91. The maximum Gasteiger partial charge on any atom is 0.356 e. The summed E-state index contributed by atoms with van der Waals surface area (Å²) in [7, 11) is 0. The molecule has 94 valence electrons. The lowest BCUT2D eigenvalue weighted by atomic mass is 10.2. The molecule has 17 heavy (non-hydrogen) atoms. The first-order valence-electron chi connectivity index (χ1n) is 4.91. The minimum absolute atomic E-state index is 0.0392. The van der Waals surface area contributed by atoms with Gasteiger partial charge in [0.15, 0.2) is 5.12 Å². The molecule has 1 fully saturated rings.